The molecule has 0 saturated heterocycles. The minimum absolute atomic E-state index is 0.106. The van der Waals surface area contributed by atoms with Gasteiger partial charge >= 0.3 is 0 Å². The van der Waals surface area contributed by atoms with Crippen molar-refractivity contribution in [3.8, 4) is 5.88 Å². The van der Waals surface area contributed by atoms with Gasteiger partial charge in [0.15, 0.2) is 0 Å². The van der Waals surface area contributed by atoms with Crippen molar-refractivity contribution in [2.75, 3.05) is 18.6 Å². The van der Waals surface area contributed by atoms with Gasteiger partial charge in [0.05, 0.1) is 24.2 Å². The zero-order valence-electron chi connectivity index (χ0n) is 9.09. The monoisotopic (exact) mass is 195 g/mol. The molecule has 0 radical (unpaired) electrons. The molecule has 0 unspecified atom stereocenters. The van der Waals surface area contributed by atoms with E-state index in [2.05, 4.69) is 4.98 Å². The quantitative estimate of drug-likeness (QED) is 0.713. The van der Waals surface area contributed by atoms with E-state index in [0.717, 1.165) is 5.69 Å². The summed E-state index contributed by atoms with van der Waals surface area (Å²) in [5.41, 5.74) is 13.3. The summed E-state index contributed by atoms with van der Waals surface area (Å²) in [4.78, 5) is 4.29. The number of hydrogen-bond acceptors (Lipinski definition) is 4. The number of nitrogens with two attached hydrogens (primary N) is 2. The van der Waals surface area contributed by atoms with Gasteiger partial charge < -0.3 is 16.2 Å². The predicted octanol–water partition coefficient (Wildman–Crippen LogP) is 1.55. The zero-order valence-corrected chi connectivity index (χ0v) is 9.09. The molecular formula is C10H17N3O. The van der Waals surface area contributed by atoms with E-state index in [1.54, 1.807) is 13.2 Å². The number of anilines is 2. The molecule has 0 aliphatic carbocycles. The Kier molecular flexibility index (Phi) is 2.55. The maximum Gasteiger partial charge on any atom is 0.237 e. The van der Waals surface area contributed by atoms with Crippen molar-refractivity contribution >= 4 is 11.4 Å². The molecule has 4 nitrogen and oxygen atoms in total. The van der Waals surface area contributed by atoms with Crippen LogP contribution in [-0.4, -0.2) is 12.1 Å². The van der Waals surface area contributed by atoms with Crippen molar-refractivity contribution < 1.29 is 4.74 Å². The lowest BCUT2D eigenvalue weighted by Gasteiger charge is -2.20. The molecule has 4 N–H and O–H groups in total. The first-order valence-electron chi connectivity index (χ1n) is 4.46. The first-order chi connectivity index (χ1) is 6.36. The van der Waals surface area contributed by atoms with Gasteiger partial charge in [-0.05, 0) is 6.07 Å². The zero-order chi connectivity index (χ0) is 10.9. The molecule has 0 atom stereocenters. The standard InChI is InChI=1S/C10H17N3O/c1-10(2,3)8-6(11)5-7(12)9(13-8)14-4/h5H,11-12H2,1-4H3. The number of nitrogen functional groups attached to an aromatic ring is 2. The third kappa shape index (κ3) is 1.89. The largest absolute Gasteiger partial charge is 0.480 e. The first-order valence-corrected chi connectivity index (χ1v) is 4.46. The maximum absolute atomic E-state index is 5.83. The van der Waals surface area contributed by atoms with E-state index in [4.69, 9.17) is 16.2 Å². The van der Waals surface area contributed by atoms with Crippen LogP contribution in [-0.2, 0) is 5.41 Å². The number of nitrogens with zero attached hydrogens (tertiary/aromatic N) is 1. The molecule has 0 saturated carbocycles. The fraction of sp³-hybridized carbons (Fsp3) is 0.500. The average molecular weight is 195 g/mol. The summed E-state index contributed by atoms with van der Waals surface area (Å²) in [5, 5.41) is 0. The minimum atomic E-state index is -0.106. The molecule has 4 heteroatoms. The van der Waals surface area contributed by atoms with Crippen molar-refractivity contribution in [1.29, 1.82) is 0 Å². The second-order valence-corrected chi connectivity index (χ2v) is 4.27. The Bertz CT molecular complexity index is 342. The van der Waals surface area contributed by atoms with Gasteiger partial charge in [-0.1, -0.05) is 20.8 Å². The van der Waals surface area contributed by atoms with Crippen LogP contribution < -0.4 is 16.2 Å². The molecule has 0 amide bonds. The van der Waals surface area contributed by atoms with Crippen LogP contribution in [0.25, 0.3) is 0 Å². The Hall–Kier alpha value is -1.45. The van der Waals surface area contributed by atoms with E-state index in [9.17, 15) is 0 Å². The Morgan fingerprint density at radius 3 is 2.21 bits per heavy atom. The van der Waals surface area contributed by atoms with Gasteiger partial charge in [0, 0.05) is 5.41 Å². The SMILES string of the molecule is COc1nc(C(C)(C)C)c(N)cc1N. The van der Waals surface area contributed by atoms with Gasteiger partial charge in [-0.3, -0.25) is 0 Å². The van der Waals surface area contributed by atoms with Crippen molar-refractivity contribution in [2.45, 2.75) is 26.2 Å². The van der Waals surface area contributed by atoms with E-state index in [-0.39, 0.29) is 5.41 Å². The number of pyridine rings is 1. The van der Waals surface area contributed by atoms with E-state index in [1.165, 1.54) is 0 Å². The number of aromatic nitrogens is 1. The topological polar surface area (TPSA) is 74.2 Å². The summed E-state index contributed by atoms with van der Waals surface area (Å²) >= 11 is 0. The molecular weight excluding hydrogens is 178 g/mol. The molecule has 1 heterocycles. The molecule has 1 rings (SSSR count). The van der Waals surface area contributed by atoms with Gasteiger partial charge in [0.2, 0.25) is 5.88 Å². The summed E-state index contributed by atoms with van der Waals surface area (Å²) in [5.74, 6) is 0.434. The summed E-state index contributed by atoms with van der Waals surface area (Å²) in [6.07, 6.45) is 0. The van der Waals surface area contributed by atoms with Crippen LogP contribution in [0.15, 0.2) is 6.07 Å². The molecule has 0 aliphatic heterocycles. The van der Waals surface area contributed by atoms with Gasteiger partial charge in [-0.25, -0.2) is 4.98 Å². The van der Waals surface area contributed by atoms with Gasteiger partial charge in [-0.15, -0.1) is 0 Å². The third-order valence-corrected chi connectivity index (χ3v) is 1.95. The summed E-state index contributed by atoms with van der Waals surface area (Å²) in [6.45, 7) is 6.13. The van der Waals surface area contributed by atoms with Gasteiger partial charge in [0.25, 0.3) is 0 Å². The fourth-order valence-electron chi connectivity index (χ4n) is 1.29. The van der Waals surface area contributed by atoms with Crippen LogP contribution >= 0.6 is 0 Å². The lowest BCUT2D eigenvalue weighted by molar-refractivity contribution is 0.394. The molecule has 78 valence electrons. The Morgan fingerprint density at radius 1 is 1.21 bits per heavy atom. The molecule has 0 bridgehead atoms. The minimum Gasteiger partial charge on any atom is -0.480 e. The fourth-order valence-corrected chi connectivity index (χ4v) is 1.29. The highest BCUT2D eigenvalue weighted by atomic mass is 16.5. The highest BCUT2D eigenvalue weighted by Crippen LogP contribution is 2.31. The Balaban J connectivity index is 3.32. The van der Waals surface area contributed by atoms with Crippen molar-refractivity contribution in [2.24, 2.45) is 0 Å². The normalized spacial score (nSPS) is 11.4. The van der Waals surface area contributed by atoms with Crippen LogP contribution in [0.3, 0.4) is 0 Å². The van der Waals surface area contributed by atoms with E-state index >= 15 is 0 Å². The molecule has 0 aliphatic rings. The van der Waals surface area contributed by atoms with E-state index in [1.807, 2.05) is 20.8 Å². The van der Waals surface area contributed by atoms with Crippen LogP contribution in [0.4, 0.5) is 11.4 Å². The third-order valence-electron chi connectivity index (χ3n) is 1.95. The maximum atomic E-state index is 5.83. The Morgan fingerprint density at radius 2 is 1.79 bits per heavy atom. The molecule has 0 aromatic carbocycles. The summed E-state index contributed by atoms with van der Waals surface area (Å²) in [6, 6.07) is 1.69. The highest BCUT2D eigenvalue weighted by Gasteiger charge is 2.20. The molecule has 1 aromatic rings. The smallest absolute Gasteiger partial charge is 0.237 e. The van der Waals surface area contributed by atoms with Crippen molar-refractivity contribution in [3.63, 3.8) is 0 Å². The van der Waals surface area contributed by atoms with Gasteiger partial charge in [0.1, 0.15) is 0 Å². The lowest BCUT2D eigenvalue weighted by atomic mass is 9.90. The number of hydrogen-bond donors (Lipinski definition) is 2. The van der Waals surface area contributed by atoms with Crippen LogP contribution in [0, 0.1) is 0 Å². The van der Waals surface area contributed by atoms with Gasteiger partial charge in [-0.2, -0.15) is 0 Å². The number of ether oxygens (including phenoxy) is 1. The van der Waals surface area contributed by atoms with E-state index in [0.29, 0.717) is 17.3 Å². The molecule has 0 spiro atoms. The summed E-state index contributed by atoms with van der Waals surface area (Å²) < 4.78 is 5.04. The Labute approximate surface area is 84.3 Å². The lowest BCUT2D eigenvalue weighted by Crippen LogP contribution is -2.17. The second-order valence-electron chi connectivity index (χ2n) is 4.27. The van der Waals surface area contributed by atoms with E-state index < -0.39 is 0 Å². The highest BCUT2D eigenvalue weighted by molar-refractivity contribution is 5.60. The summed E-state index contributed by atoms with van der Waals surface area (Å²) in [7, 11) is 1.54. The first kappa shape index (κ1) is 10.6. The predicted molar refractivity (Wildman–Crippen MR) is 58.3 cm³/mol. The van der Waals surface area contributed by atoms with Crippen LogP contribution in [0.1, 0.15) is 26.5 Å². The van der Waals surface area contributed by atoms with Crippen LogP contribution in [0.2, 0.25) is 0 Å². The molecule has 1 aromatic heterocycles. The van der Waals surface area contributed by atoms with Crippen molar-refractivity contribution in [1.82, 2.24) is 4.98 Å². The number of rotatable bonds is 1. The second kappa shape index (κ2) is 3.36. The molecule has 14 heavy (non-hydrogen) atoms. The average Bonchev–Trinajstić information content (AvgIpc) is 2.02. The number of methoxy groups -OCH3 is 1. The molecule has 0 fully saturated rings. The van der Waals surface area contributed by atoms with Crippen LogP contribution in [0.5, 0.6) is 5.88 Å². The van der Waals surface area contributed by atoms with Crippen molar-refractivity contribution in [3.05, 3.63) is 11.8 Å².